The second kappa shape index (κ2) is 5.27. The van der Waals surface area contributed by atoms with Crippen LogP contribution >= 0.6 is 11.3 Å². The molecule has 0 unspecified atom stereocenters. The summed E-state index contributed by atoms with van der Waals surface area (Å²) in [5, 5.41) is 16.2. The van der Waals surface area contributed by atoms with Crippen molar-refractivity contribution in [1.82, 2.24) is 9.78 Å². The number of aliphatic hydroxyl groups is 1. The van der Waals surface area contributed by atoms with Gasteiger partial charge in [0, 0.05) is 21.2 Å². The van der Waals surface area contributed by atoms with Crippen LogP contribution in [0.4, 0.5) is 0 Å². The number of nitrogens with zero attached hydrogens (tertiary/aromatic N) is 2. The summed E-state index contributed by atoms with van der Waals surface area (Å²) >= 11 is 1.66. The summed E-state index contributed by atoms with van der Waals surface area (Å²) in [6.07, 6.45) is 1.88. The summed E-state index contributed by atoms with van der Waals surface area (Å²) in [5.41, 5.74) is 2.09. The van der Waals surface area contributed by atoms with E-state index in [9.17, 15) is 0 Å². The predicted octanol–water partition coefficient (Wildman–Crippen LogP) is 2.49. The van der Waals surface area contributed by atoms with E-state index in [1.54, 1.807) is 11.3 Å². The van der Waals surface area contributed by atoms with Gasteiger partial charge in [0.1, 0.15) is 6.61 Å². The van der Waals surface area contributed by atoms with Crippen LogP contribution < -0.4 is 0 Å². The van der Waals surface area contributed by atoms with E-state index in [-0.39, 0.29) is 6.61 Å². The van der Waals surface area contributed by atoms with Gasteiger partial charge >= 0.3 is 0 Å². The molecule has 1 N–H and O–H groups in total. The van der Waals surface area contributed by atoms with Crippen LogP contribution in [-0.2, 0) is 6.54 Å². The molecule has 0 spiro atoms. The van der Waals surface area contributed by atoms with Crippen molar-refractivity contribution in [2.45, 2.75) is 6.54 Å². The summed E-state index contributed by atoms with van der Waals surface area (Å²) < 4.78 is 1.99. The predicted molar refractivity (Wildman–Crippen MR) is 77.1 cm³/mol. The standard InChI is InChI=1S/C15H12N2OS/c18-7-3-4-12-8-14(19-11-12)10-17-15-6-2-1-5-13(15)9-16-17/h1-2,5-6,8-9,11,18H,7,10H2. The van der Waals surface area contributed by atoms with Gasteiger partial charge in [-0.3, -0.25) is 4.68 Å². The quantitative estimate of drug-likeness (QED) is 0.725. The van der Waals surface area contributed by atoms with Gasteiger partial charge in [0.2, 0.25) is 0 Å². The lowest BCUT2D eigenvalue weighted by Gasteiger charge is -2.00. The summed E-state index contributed by atoms with van der Waals surface area (Å²) in [7, 11) is 0. The molecule has 94 valence electrons. The SMILES string of the molecule is OCC#Cc1csc(Cn2ncc3ccccc32)c1. The molecule has 0 saturated carbocycles. The van der Waals surface area contributed by atoms with Gasteiger partial charge in [-0.15, -0.1) is 11.3 Å². The van der Waals surface area contributed by atoms with Crippen LogP contribution in [0.25, 0.3) is 10.9 Å². The molecular formula is C15H12N2OS. The monoisotopic (exact) mass is 268 g/mol. The van der Waals surface area contributed by atoms with Crippen molar-refractivity contribution in [3.8, 4) is 11.8 Å². The summed E-state index contributed by atoms with van der Waals surface area (Å²) in [6, 6.07) is 10.2. The molecule has 2 heterocycles. The molecule has 3 rings (SSSR count). The van der Waals surface area contributed by atoms with E-state index in [2.05, 4.69) is 29.1 Å². The molecule has 0 aliphatic heterocycles. The lowest BCUT2D eigenvalue weighted by Crippen LogP contribution is -1.99. The molecule has 0 amide bonds. The third-order valence-electron chi connectivity index (χ3n) is 2.82. The van der Waals surface area contributed by atoms with Crippen LogP contribution in [-0.4, -0.2) is 21.5 Å². The Morgan fingerprint density at radius 1 is 1.32 bits per heavy atom. The maximum Gasteiger partial charge on any atom is 0.104 e. The number of hydrogen-bond acceptors (Lipinski definition) is 3. The van der Waals surface area contributed by atoms with Crippen LogP contribution in [0.1, 0.15) is 10.4 Å². The van der Waals surface area contributed by atoms with Crippen LogP contribution in [0.2, 0.25) is 0 Å². The molecule has 3 nitrogen and oxygen atoms in total. The van der Waals surface area contributed by atoms with Gasteiger partial charge in [0.05, 0.1) is 18.3 Å². The smallest absolute Gasteiger partial charge is 0.104 e. The third kappa shape index (κ3) is 2.53. The Bertz CT molecular complexity index is 761. The van der Waals surface area contributed by atoms with Crippen molar-refractivity contribution in [1.29, 1.82) is 0 Å². The maximum atomic E-state index is 8.68. The first-order chi connectivity index (χ1) is 9.36. The number of hydrogen-bond donors (Lipinski definition) is 1. The largest absolute Gasteiger partial charge is 0.384 e. The molecule has 2 aromatic heterocycles. The zero-order chi connectivity index (χ0) is 13.1. The van der Waals surface area contributed by atoms with Crippen LogP contribution in [0.15, 0.2) is 41.9 Å². The Hall–Kier alpha value is -2.09. The Morgan fingerprint density at radius 3 is 3.11 bits per heavy atom. The van der Waals surface area contributed by atoms with Gasteiger partial charge in [0.25, 0.3) is 0 Å². The molecule has 3 aromatic rings. The fourth-order valence-electron chi connectivity index (χ4n) is 1.97. The highest BCUT2D eigenvalue weighted by molar-refractivity contribution is 7.10. The second-order valence-electron chi connectivity index (χ2n) is 4.12. The van der Waals surface area contributed by atoms with E-state index in [1.165, 1.54) is 4.88 Å². The van der Waals surface area contributed by atoms with E-state index in [1.807, 2.05) is 34.5 Å². The van der Waals surface area contributed by atoms with Gasteiger partial charge in [-0.05, 0) is 12.1 Å². The van der Waals surface area contributed by atoms with E-state index < -0.39 is 0 Å². The minimum Gasteiger partial charge on any atom is -0.384 e. The average Bonchev–Trinajstić information content (AvgIpc) is 3.05. The molecule has 4 heteroatoms. The molecular weight excluding hydrogens is 256 g/mol. The molecule has 0 atom stereocenters. The molecule has 0 fully saturated rings. The maximum absolute atomic E-state index is 8.68. The normalized spacial score (nSPS) is 10.4. The van der Waals surface area contributed by atoms with Crippen molar-refractivity contribution < 1.29 is 5.11 Å². The number of aromatic nitrogens is 2. The molecule has 0 aliphatic rings. The first kappa shape index (κ1) is 12.0. The fraction of sp³-hybridized carbons (Fsp3) is 0.133. The minimum absolute atomic E-state index is 0.102. The van der Waals surface area contributed by atoms with E-state index in [0.717, 1.165) is 23.0 Å². The van der Waals surface area contributed by atoms with Crippen LogP contribution in [0.5, 0.6) is 0 Å². The number of fused-ring (bicyclic) bond motifs is 1. The van der Waals surface area contributed by atoms with Gasteiger partial charge < -0.3 is 5.11 Å². The van der Waals surface area contributed by atoms with Crippen molar-refractivity contribution in [2.75, 3.05) is 6.61 Å². The summed E-state index contributed by atoms with van der Waals surface area (Å²) in [6.45, 7) is 0.647. The van der Waals surface area contributed by atoms with Gasteiger partial charge in [-0.25, -0.2) is 0 Å². The van der Waals surface area contributed by atoms with E-state index in [4.69, 9.17) is 5.11 Å². The third-order valence-corrected chi connectivity index (χ3v) is 3.74. The number of aliphatic hydroxyl groups excluding tert-OH is 1. The van der Waals surface area contributed by atoms with Gasteiger partial charge in [-0.1, -0.05) is 30.0 Å². The molecule has 0 bridgehead atoms. The summed E-state index contributed by atoms with van der Waals surface area (Å²) in [5.74, 6) is 5.57. The van der Waals surface area contributed by atoms with Crippen molar-refractivity contribution in [3.05, 3.63) is 52.3 Å². The van der Waals surface area contributed by atoms with Crippen molar-refractivity contribution in [3.63, 3.8) is 0 Å². The van der Waals surface area contributed by atoms with Gasteiger partial charge in [0.15, 0.2) is 0 Å². The molecule has 1 aromatic carbocycles. The van der Waals surface area contributed by atoms with E-state index in [0.29, 0.717) is 0 Å². The highest BCUT2D eigenvalue weighted by Crippen LogP contribution is 2.18. The zero-order valence-electron chi connectivity index (χ0n) is 10.2. The fourth-order valence-corrected chi connectivity index (χ4v) is 2.77. The Morgan fingerprint density at radius 2 is 2.21 bits per heavy atom. The molecule has 0 radical (unpaired) electrons. The Labute approximate surface area is 115 Å². The molecule has 0 aliphatic carbocycles. The first-order valence-electron chi connectivity index (χ1n) is 5.94. The summed E-state index contributed by atoms with van der Waals surface area (Å²) in [4.78, 5) is 1.20. The lowest BCUT2D eigenvalue weighted by atomic mass is 10.2. The van der Waals surface area contributed by atoms with Crippen LogP contribution in [0.3, 0.4) is 0 Å². The zero-order valence-corrected chi connectivity index (χ0v) is 11.0. The molecule has 0 saturated heterocycles. The first-order valence-corrected chi connectivity index (χ1v) is 6.82. The number of benzene rings is 1. The Kier molecular flexibility index (Phi) is 3.32. The lowest BCUT2D eigenvalue weighted by molar-refractivity contribution is 0.350. The highest BCUT2D eigenvalue weighted by atomic mass is 32.1. The second-order valence-corrected chi connectivity index (χ2v) is 5.12. The topological polar surface area (TPSA) is 38.0 Å². The van der Waals surface area contributed by atoms with Crippen molar-refractivity contribution in [2.24, 2.45) is 0 Å². The highest BCUT2D eigenvalue weighted by Gasteiger charge is 2.04. The van der Waals surface area contributed by atoms with Crippen LogP contribution in [0, 0.1) is 11.8 Å². The van der Waals surface area contributed by atoms with E-state index >= 15 is 0 Å². The Balaban J connectivity index is 1.87. The van der Waals surface area contributed by atoms with Gasteiger partial charge in [-0.2, -0.15) is 5.10 Å². The van der Waals surface area contributed by atoms with Crippen molar-refractivity contribution >= 4 is 22.2 Å². The number of thiophene rings is 1. The minimum atomic E-state index is -0.102. The average molecular weight is 268 g/mol. The number of rotatable bonds is 2. The number of para-hydroxylation sites is 1. The molecule has 19 heavy (non-hydrogen) atoms.